The molecule has 2 aliphatic rings. The Hall–Kier alpha value is -2.40. The SMILES string of the molecule is C=C1C=CC(C2CCOCC2)=CC1c1[nH]nc2ccnc(NC(C)C)c12. The third-order valence-corrected chi connectivity index (χ3v) is 5.17. The third kappa shape index (κ3) is 3.19. The van der Waals surface area contributed by atoms with Crippen molar-refractivity contribution in [1.29, 1.82) is 0 Å². The summed E-state index contributed by atoms with van der Waals surface area (Å²) in [5.74, 6) is 1.54. The topological polar surface area (TPSA) is 62.8 Å². The normalized spacial score (nSPS) is 21.4. The highest BCUT2D eigenvalue weighted by Gasteiger charge is 2.25. The number of hydrogen-bond acceptors (Lipinski definition) is 4. The van der Waals surface area contributed by atoms with Crippen molar-refractivity contribution in [1.82, 2.24) is 15.2 Å². The Labute approximate surface area is 154 Å². The number of fused-ring (bicyclic) bond motifs is 1. The number of H-pyrrole nitrogens is 1. The van der Waals surface area contributed by atoms with Gasteiger partial charge in [0.05, 0.1) is 16.6 Å². The second-order valence-corrected chi connectivity index (χ2v) is 7.43. The first-order chi connectivity index (χ1) is 12.6. The molecule has 3 heterocycles. The first-order valence-electron chi connectivity index (χ1n) is 9.39. The van der Waals surface area contributed by atoms with E-state index in [1.54, 1.807) is 6.20 Å². The van der Waals surface area contributed by atoms with Crippen LogP contribution in [-0.4, -0.2) is 34.4 Å². The van der Waals surface area contributed by atoms with E-state index in [0.717, 1.165) is 54.0 Å². The molecule has 2 N–H and O–H groups in total. The fourth-order valence-electron chi connectivity index (χ4n) is 3.83. The van der Waals surface area contributed by atoms with Crippen LogP contribution in [0.25, 0.3) is 10.9 Å². The second kappa shape index (κ2) is 7.08. The minimum atomic E-state index is 0.0970. The van der Waals surface area contributed by atoms with Crippen molar-refractivity contribution in [2.24, 2.45) is 5.92 Å². The molecule has 2 aromatic heterocycles. The maximum atomic E-state index is 5.52. The molecule has 1 aliphatic carbocycles. The van der Waals surface area contributed by atoms with Crippen molar-refractivity contribution >= 4 is 16.7 Å². The van der Waals surface area contributed by atoms with Crippen LogP contribution in [0.5, 0.6) is 0 Å². The predicted molar refractivity (Wildman–Crippen MR) is 105 cm³/mol. The van der Waals surface area contributed by atoms with Gasteiger partial charge in [-0.2, -0.15) is 5.10 Å². The van der Waals surface area contributed by atoms with E-state index in [1.807, 2.05) is 6.07 Å². The zero-order chi connectivity index (χ0) is 18.1. The summed E-state index contributed by atoms with van der Waals surface area (Å²) < 4.78 is 5.52. The lowest BCUT2D eigenvalue weighted by molar-refractivity contribution is 0.0764. The molecule has 0 bridgehead atoms. The van der Waals surface area contributed by atoms with E-state index in [0.29, 0.717) is 12.0 Å². The van der Waals surface area contributed by atoms with Crippen LogP contribution < -0.4 is 5.32 Å². The van der Waals surface area contributed by atoms with Gasteiger partial charge < -0.3 is 10.1 Å². The molecule has 0 aromatic carbocycles. The Bertz CT molecular complexity index is 871. The van der Waals surface area contributed by atoms with E-state index < -0.39 is 0 Å². The van der Waals surface area contributed by atoms with Gasteiger partial charge in [-0.3, -0.25) is 5.10 Å². The standard InChI is InChI=1S/C21H26N4O/c1-13(2)23-21-19-18(6-9-22-21)24-25-20(19)17-12-16(5-4-14(17)3)15-7-10-26-11-8-15/h4-6,9,12-13,15,17H,3,7-8,10-11H2,1-2H3,(H,22,23)(H,24,25). The summed E-state index contributed by atoms with van der Waals surface area (Å²) in [4.78, 5) is 4.55. The molecule has 136 valence electrons. The van der Waals surface area contributed by atoms with Crippen LogP contribution in [-0.2, 0) is 4.74 Å². The van der Waals surface area contributed by atoms with Gasteiger partial charge in [0, 0.05) is 31.4 Å². The summed E-state index contributed by atoms with van der Waals surface area (Å²) in [5, 5.41) is 12.3. The molecule has 0 amide bonds. The number of ether oxygens (including phenoxy) is 1. The number of nitrogens with zero attached hydrogens (tertiary/aromatic N) is 2. The highest BCUT2D eigenvalue weighted by Crippen LogP contribution is 2.38. The molecule has 1 fully saturated rings. The highest BCUT2D eigenvalue weighted by atomic mass is 16.5. The van der Waals surface area contributed by atoms with Crippen LogP contribution >= 0.6 is 0 Å². The maximum absolute atomic E-state index is 5.52. The minimum absolute atomic E-state index is 0.0970. The summed E-state index contributed by atoms with van der Waals surface area (Å²) >= 11 is 0. The number of nitrogens with one attached hydrogen (secondary N) is 2. The predicted octanol–water partition coefficient (Wildman–Crippen LogP) is 4.34. The average molecular weight is 350 g/mol. The van der Waals surface area contributed by atoms with Crippen molar-refractivity contribution in [2.75, 3.05) is 18.5 Å². The minimum Gasteiger partial charge on any atom is -0.381 e. The summed E-state index contributed by atoms with van der Waals surface area (Å²) in [6.07, 6.45) is 10.7. The van der Waals surface area contributed by atoms with Crippen molar-refractivity contribution in [3.8, 4) is 0 Å². The number of hydrogen-bond donors (Lipinski definition) is 2. The first-order valence-corrected chi connectivity index (χ1v) is 9.39. The molecule has 1 saturated heterocycles. The number of allylic oxidation sites excluding steroid dienone is 5. The third-order valence-electron chi connectivity index (χ3n) is 5.17. The molecule has 0 saturated carbocycles. The van der Waals surface area contributed by atoms with Crippen LogP contribution in [0.15, 0.2) is 48.2 Å². The van der Waals surface area contributed by atoms with Crippen molar-refractivity contribution in [3.05, 3.63) is 53.9 Å². The fraction of sp³-hybridized carbons (Fsp3) is 0.429. The second-order valence-electron chi connectivity index (χ2n) is 7.43. The Kier molecular flexibility index (Phi) is 4.64. The molecule has 0 spiro atoms. The number of pyridine rings is 1. The van der Waals surface area contributed by atoms with Gasteiger partial charge in [0.1, 0.15) is 5.82 Å². The number of anilines is 1. The van der Waals surface area contributed by atoms with E-state index in [1.165, 1.54) is 5.57 Å². The van der Waals surface area contributed by atoms with E-state index in [2.05, 4.69) is 59.2 Å². The lowest BCUT2D eigenvalue weighted by Crippen LogP contribution is -2.18. The molecule has 2 aromatic rings. The summed E-state index contributed by atoms with van der Waals surface area (Å²) in [6.45, 7) is 10.2. The van der Waals surface area contributed by atoms with Gasteiger partial charge >= 0.3 is 0 Å². The van der Waals surface area contributed by atoms with Gasteiger partial charge in [0.25, 0.3) is 0 Å². The van der Waals surface area contributed by atoms with E-state index in [-0.39, 0.29) is 5.92 Å². The van der Waals surface area contributed by atoms with Gasteiger partial charge in [-0.05, 0) is 49.8 Å². The van der Waals surface area contributed by atoms with E-state index >= 15 is 0 Å². The fourth-order valence-corrected chi connectivity index (χ4v) is 3.83. The van der Waals surface area contributed by atoms with Crippen molar-refractivity contribution < 1.29 is 4.74 Å². The number of rotatable bonds is 4. The monoisotopic (exact) mass is 350 g/mol. The van der Waals surface area contributed by atoms with Crippen LogP contribution in [0, 0.1) is 5.92 Å². The Morgan fingerprint density at radius 2 is 2.08 bits per heavy atom. The molecular weight excluding hydrogens is 324 g/mol. The van der Waals surface area contributed by atoms with Crippen molar-refractivity contribution in [3.63, 3.8) is 0 Å². The Morgan fingerprint density at radius 3 is 2.85 bits per heavy atom. The maximum Gasteiger partial charge on any atom is 0.137 e. The molecule has 1 unspecified atom stereocenters. The molecule has 4 rings (SSSR count). The van der Waals surface area contributed by atoms with Gasteiger partial charge in [-0.25, -0.2) is 4.98 Å². The first kappa shape index (κ1) is 17.0. The number of aromatic nitrogens is 3. The van der Waals surface area contributed by atoms with Crippen molar-refractivity contribution in [2.45, 2.75) is 38.6 Å². The Balaban J connectivity index is 1.75. The van der Waals surface area contributed by atoms with Gasteiger partial charge in [0.15, 0.2) is 0 Å². The summed E-state index contributed by atoms with van der Waals surface area (Å²) in [6, 6.07) is 2.25. The number of aromatic amines is 1. The van der Waals surface area contributed by atoms with E-state index in [4.69, 9.17) is 4.74 Å². The molecule has 5 nitrogen and oxygen atoms in total. The highest BCUT2D eigenvalue weighted by molar-refractivity contribution is 5.92. The lowest BCUT2D eigenvalue weighted by Gasteiger charge is -2.27. The Morgan fingerprint density at radius 1 is 1.27 bits per heavy atom. The average Bonchev–Trinajstić information content (AvgIpc) is 3.07. The molecule has 26 heavy (non-hydrogen) atoms. The molecule has 5 heteroatoms. The smallest absolute Gasteiger partial charge is 0.137 e. The van der Waals surface area contributed by atoms with Crippen LogP contribution in [0.3, 0.4) is 0 Å². The molecule has 1 atom stereocenters. The van der Waals surface area contributed by atoms with Gasteiger partial charge in [0.2, 0.25) is 0 Å². The van der Waals surface area contributed by atoms with Gasteiger partial charge in [-0.1, -0.05) is 24.8 Å². The lowest BCUT2D eigenvalue weighted by atomic mass is 9.81. The molecular formula is C21H26N4O. The van der Waals surface area contributed by atoms with Crippen LogP contribution in [0.4, 0.5) is 5.82 Å². The quantitative estimate of drug-likeness (QED) is 0.861. The zero-order valence-electron chi connectivity index (χ0n) is 15.5. The van der Waals surface area contributed by atoms with Crippen LogP contribution in [0.2, 0.25) is 0 Å². The summed E-state index contributed by atoms with van der Waals surface area (Å²) in [7, 11) is 0. The zero-order valence-corrected chi connectivity index (χ0v) is 15.5. The largest absolute Gasteiger partial charge is 0.381 e. The summed E-state index contributed by atoms with van der Waals surface area (Å²) in [5.41, 5.74) is 4.46. The van der Waals surface area contributed by atoms with Crippen LogP contribution in [0.1, 0.15) is 38.3 Å². The molecule has 0 radical (unpaired) electrons. The van der Waals surface area contributed by atoms with E-state index in [9.17, 15) is 0 Å². The van der Waals surface area contributed by atoms with Gasteiger partial charge in [-0.15, -0.1) is 0 Å². The molecule has 1 aliphatic heterocycles.